The maximum Gasteiger partial charge on any atom is 0.394 e. The number of aromatic nitrogens is 1. The van der Waals surface area contributed by atoms with Gasteiger partial charge in [0.2, 0.25) is 0 Å². The minimum absolute atomic E-state index is 0.291. The van der Waals surface area contributed by atoms with Crippen LogP contribution in [0.3, 0.4) is 0 Å². The molecule has 0 aliphatic rings. The fourth-order valence-electron chi connectivity index (χ4n) is 1.83. The van der Waals surface area contributed by atoms with E-state index in [-0.39, 0.29) is 0 Å². The smallest absolute Gasteiger partial charge is 0.394 e. The second kappa shape index (κ2) is 7.69. The standard InChI is InChI=1S/C16H22N2O3/c1-12(2)8-17-9-14-11-21-16(18-14)20-10-13-5-4-6-15(7-13)19-3/h4-7,11-12,17H,8-10H2,1-3H3. The number of benzene rings is 1. The number of rotatable bonds is 8. The Bertz CT molecular complexity index is 552. The SMILES string of the molecule is COc1cccc(COc2nc(CNCC(C)C)co2)c1. The largest absolute Gasteiger partial charge is 0.497 e. The first-order chi connectivity index (χ1) is 10.2. The second-order valence-electron chi connectivity index (χ2n) is 5.27. The molecule has 1 N–H and O–H groups in total. The minimum Gasteiger partial charge on any atom is -0.497 e. The summed E-state index contributed by atoms with van der Waals surface area (Å²) in [7, 11) is 1.64. The molecule has 0 aliphatic carbocycles. The van der Waals surface area contributed by atoms with Crippen LogP contribution in [0.4, 0.5) is 0 Å². The first-order valence-corrected chi connectivity index (χ1v) is 7.08. The lowest BCUT2D eigenvalue weighted by Gasteiger charge is -2.05. The van der Waals surface area contributed by atoms with Crippen molar-refractivity contribution in [3.8, 4) is 11.8 Å². The first kappa shape index (κ1) is 15.4. The van der Waals surface area contributed by atoms with Crippen LogP contribution in [0.25, 0.3) is 0 Å². The fourth-order valence-corrected chi connectivity index (χ4v) is 1.83. The Morgan fingerprint density at radius 1 is 1.33 bits per heavy atom. The predicted molar refractivity (Wildman–Crippen MR) is 80.4 cm³/mol. The van der Waals surface area contributed by atoms with Crippen molar-refractivity contribution in [3.63, 3.8) is 0 Å². The van der Waals surface area contributed by atoms with Gasteiger partial charge in [-0.15, -0.1) is 0 Å². The third-order valence-corrected chi connectivity index (χ3v) is 2.89. The van der Waals surface area contributed by atoms with E-state index in [0.29, 0.717) is 25.1 Å². The van der Waals surface area contributed by atoms with E-state index in [1.54, 1.807) is 13.4 Å². The first-order valence-electron chi connectivity index (χ1n) is 7.08. The van der Waals surface area contributed by atoms with Gasteiger partial charge in [-0.25, -0.2) is 0 Å². The Balaban J connectivity index is 1.82. The highest BCUT2D eigenvalue weighted by atomic mass is 16.6. The maximum atomic E-state index is 5.54. The van der Waals surface area contributed by atoms with Crippen LogP contribution in [0.1, 0.15) is 25.1 Å². The summed E-state index contributed by atoms with van der Waals surface area (Å²) in [5.41, 5.74) is 1.85. The summed E-state index contributed by atoms with van der Waals surface area (Å²) in [6, 6.07) is 7.71. The maximum absolute atomic E-state index is 5.54. The molecule has 114 valence electrons. The van der Waals surface area contributed by atoms with Crippen molar-refractivity contribution in [3.05, 3.63) is 41.8 Å². The van der Waals surface area contributed by atoms with Gasteiger partial charge in [-0.1, -0.05) is 26.0 Å². The number of nitrogens with one attached hydrogen (secondary N) is 1. The van der Waals surface area contributed by atoms with Crippen LogP contribution in [-0.4, -0.2) is 18.6 Å². The van der Waals surface area contributed by atoms with E-state index in [4.69, 9.17) is 13.9 Å². The lowest BCUT2D eigenvalue weighted by Crippen LogP contribution is -2.19. The summed E-state index contributed by atoms with van der Waals surface area (Å²) in [5.74, 6) is 1.42. The molecule has 0 atom stereocenters. The molecule has 5 heteroatoms. The second-order valence-corrected chi connectivity index (χ2v) is 5.27. The van der Waals surface area contributed by atoms with Crippen LogP contribution in [0.15, 0.2) is 34.9 Å². The molecule has 0 saturated carbocycles. The number of methoxy groups -OCH3 is 1. The summed E-state index contributed by atoms with van der Waals surface area (Å²) < 4.78 is 16.0. The highest BCUT2D eigenvalue weighted by Crippen LogP contribution is 2.16. The van der Waals surface area contributed by atoms with Crippen molar-refractivity contribution < 1.29 is 13.9 Å². The van der Waals surface area contributed by atoms with E-state index in [0.717, 1.165) is 23.6 Å². The summed E-state index contributed by atoms with van der Waals surface area (Å²) >= 11 is 0. The average molecular weight is 290 g/mol. The Labute approximate surface area is 125 Å². The monoisotopic (exact) mass is 290 g/mol. The van der Waals surface area contributed by atoms with Crippen LogP contribution >= 0.6 is 0 Å². The highest BCUT2D eigenvalue weighted by Gasteiger charge is 2.06. The summed E-state index contributed by atoms with van der Waals surface area (Å²) in [4.78, 5) is 4.28. The van der Waals surface area contributed by atoms with Gasteiger partial charge in [0, 0.05) is 6.54 Å². The van der Waals surface area contributed by atoms with Crippen LogP contribution in [0, 0.1) is 5.92 Å². The molecule has 0 aliphatic heterocycles. The molecule has 0 amide bonds. The molecule has 0 spiro atoms. The molecule has 5 nitrogen and oxygen atoms in total. The lowest BCUT2D eigenvalue weighted by atomic mass is 10.2. The summed E-state index contributed by atoms with van der Waals surface area (Å²) in [6.45, 7) is 6.37. The number of hydrogen-bond acceptors (Lipinski definition) is 5. The molecule has 21 heavy (non-hydrogen) atoms. The summed E-state index contributed by atoms with van der Waals surface area (Å²) in [5, 5.41) is 3.31. The van der Waals surface area contributed by atoms with Crippen molar-refractivity contribution in [1.82, 2.24) is 10.3 Å². The third kappa shape index (κ3) is 5.11. The van der Waals surface area contributed by atoms with Crippen LogP contribution in [0.2, 0.25) is 0 Å². The Hall–Kier alpha value is -2.01. The van der Waals surface area contributed by atoms with Gasteiger partial charge in [0.25, 0.3) is 0 Å². The van der Waals surface area contributed by atoms with Gasteiger partial charge in [-0.05, 0) is 30.2 Å². The van der Waals surface area contributed by atoms with E-state index in [1.807, 2.05) is 24.3 Å². The van der Waals surface area contributed by atoms with E-state index in [9.17, 15) is 0 Å². The van der Waals surface area contributed by atoms with Crippen molar-refractivity contribution in [2.75, 3.05) is 13.7 Å². The van der Waals surface area contributed by atoms with Gasteiger partial charge >= 0.3 is 6.08 Å². The lowest BCUT2D eigenvalue weighted by molar-refractivity contribution is 0.219. The molecule has 2 aromatic rings. The molecule has 0 saturated heterocycles. The molecule has 0 fully saturated rings. The molecular weight excluding hydrogens is 268 g/mol. The zero-order valence-corrected chi connectivity index (χ0v) is 12.8. The summed E-state index contributed by atoms with van der Waals surface area (Å²) in [6.07, 6.45) is 1.91. The number of nitrogens with zero attached hydrogens (tertiary/aromatic N) is 1. The van der Waals surface area contributed by atoms with Gasteiger partial charge in [-0.3, -0.25) is 0 Å². The minimum atomic E-state index is 0.291. The van der Waals surface area contributed by atoms with Crippen molar-refractivity contribution in [1.29, 1.82) is 0 Å². The van der Waals surface area contributed by atoms with E-state index in [1.165, 1.54) is 0 Å². The topological polar surface area (TPSA) is 56.5 Å². The van der Waals surface area contributed by atoms with Crippen molar-refractivity contribution >= 4 is 0 Å². The third-order valence-electron chi connectivity index (χ3n) is 2.89. The van der Waals surface area contributed by atoms with Gasteiger partial charge < -0.3 is 19.2 Å². The zero-order chi connectivity index (χ0) is 15.1. The van der Waals surface area contributed by atoms with Crippen molar-refractivity contribution in [2.24, 2.45) is 5.92 Å². The van der Waals surface area contributed by atoms with Crippen LogP contribution in [-0.2, 0) is 13.2 Å². The highest BCUT2D eigenvalue weighted by molar-refractivity contribution is 5.28. The van der Waals surface area contributed by atoms with E-state index >= 15 is 0 Å². The van der Waals surface area contributed by atoms with E-state index in [2.05, 4.69) is 24.1 Å². The van der Waals surface area contributed by atoms with Crippen molar-refractivity contribution in [2.45, 2.75) is 27.0 Å². The zero-order valence-electron chi connectivity index (χ0n) is 12.8. The molecule has 2 rings (SSSR count). The van der Waals surface area contributed by atoms with Gasteiger partial charge in [0.1, 0.15) is 18.6 Å². The normalized spacial score (nSPS) is 10.9. The molecular formula is C16H22N2O3. The van der Waals surface area contributed by atoms with E-state index < -0.39 is 0 Å². The number of oxazole rings is 1. The molecule has 0 radical (unpaired) electrons. The Kier molecular flexibility index (Phi) is 5.63. The fraction of sp³-hybridized carbons (Fsp3) is 0.438. The van der Waals surface area contributed by atoms with Gasteiger partial charge in [0.05, 0.1) is 12.8 Å². The predicted octanol–water partition coefficient (Wildman–Crippen LogP) is 3.01. The average Bonchev–Trinajstić information content (AvgIpc) is 2.93. The Morgan fingerprint density at radius 2 is 2.19 bits per heavy atom. The van der Waals surface area contributed by atoms with Gasteiger partial charge in [0.15, 0.2) is 0 Å². The van der Waals surface area contributed by atoms with Crippen LogP contribution in [0.5, 0.6) is 11.8 Å². The molecule has 0 unspecified atom stereocenters. The Morgan fingerprint density at radius 3 is 2.95 bits per heavy atom. The number of ether oxygens (including phenoxy) is 2. The number of hydrogen-bond donors (Lipinski definition) is 1. The molecule has 1 heterocycles. The quantitative estimate of drug-likeness (QED) is 0.810. The van der Waals surface area contributed by atoms with Gasteiger partial charge in [-0.2, -0.15) is 4.98 Å². The van der Waals surface area contributed by atoms with Crippen LogP contribution < -0.4 is 14.8 Å². The molecule has 1 aromatic heterocycles. The molecule has 0 bridgehead atoms. The molecule has 1 aromatic carbocycles.